The summed E-state index contributed by atoms with van der Waals surface area (Å²) in [6, 6.07) is 0.999. The number of aliphatic hydroxyl groups is 1. The number of anilines is 1. The molecule has 5 nitrogen and oxygen atoms in total. The minimum absolute atomic E-state index is 0.0661. The average molecular weight is 253 g/mol. The summed E-state index contributed by atoms with van der Waals surface area (Å²) < 4.78 is 13.2. The van der Waals surface area contributed by atoms with Crippen LogP contribution in [-0.4, -0.2) is 47.1 Å². The first kappa shape index (κ1) is 12.8. The number of aromatic nitrogens is 1. The van der Waals surface area contributed by atoms with Gasteiger partial charge in [-0.05, 0) is 18.9 Å². The normalized spacial score (nSPS) is 19.1. The van der Waals surface area contributed by atoms with Crippen molar-refractivity contribution >= 4 is 11.7 Å². The molecule has 1 unspecified atom stereocenters. The molecule has 2 N–H and O–H groups in total. The highest BCUT2D eigenvalue weighted by atomic mass is 19.1. The van der Waals surface area contributed by atoms with Crippen molar-refractivity contribution in [3.8, 4) is 0 Å². The molecule has 1 aliphatic rings. The highest BCUT2D eigenvalue weighted by Crippen LogP contribution is 2.22. The first-order valence-corrected chi connectivity index (χ1v) is 5.92. The molecule has 0 aliphatic carbocycles. The van der Waals surface area contributed by atoms with Gasteiger partial charge in [-0.1, -0.05) is 0 Å². The molecule has 0 aromatic carbocycles. The second-order valence-electron chi connectivity index (χ2n) is 4.28. The summed E-state index contributed by atoms with van der Waals surface area (Å²) in [5, 5.41) is 12.0. The topological polar surface area (TPSA) is 65.5 Å². The largest absolute Gasteiger partial charge is 0.394 e. The smallest absolute Gasteiger partial charge is 0.258 e. The van der Waals surface area contributed by atoms with Gasteiger partial charge in [0.1, 0.15) is 11.6 Å². The van der Waals surface area contributed by atoms with E-state index < -0.39 is 5.82 Å². The SMILES string of the molecule is CNc1ncc(F)cc1C(=O)N1CCCC1CO. The van der Waals surface area contributed by atoms with E-state index in [2.05, 4.69) is 10.3 Å². The lowest BCUT2D eigenvalue weighted by Crippen LogP contribution is -2.38. The quantitative estimate of drug-likeness (QED) is 0.838. The van der Waals surface area contributed by atoms with Crippen LogP contribution in [0.5, 0.6) is 0 Å². The highest BCUT2D eigenvalue weighted by molar-refractivity contribution is 5.99. The van der Waals surface area contributed by atoms with Gasteiger partial charge in [0.25, 0.3) is 5.91 Å². The second kappa shape index (κ2) is 5.30. The van der Waals surface area contributed by atoms with Crippen molar-refractivity contribution in [2.75, 3.05) is 25.5 Å². The highest BCUT2D eigenvalue weighted by Gasteiger charge is 2.30. The summed E-state index contributed by atoms with van der Waals surface area (Å²) in [6.07, 6.45) is 2.70. The fourth-order valence-corrected chi connectivity index (χ4v) is 2.25. The number of halogens is 1. The monoisotopic (exact) mass is 253 g/mol. The van der Waals surface area contributed by atoms with Gasteiger partial charge in [-0.2, -0.15) is 0 Å². The number of carbonyl (C=O) groups is 1. The van der Waals surface area contributed by atoms with Crippen LogP contribution in [-0.2, 0) is 0 Å². The van der Waals surface area contributed by atoms with Crippen LogP contribution < -0.4 is 5.32 Å². The molecule has 2 heterocycles. The van der Waals surface area contributed by atoms with Gasteiger partial charge < -0.3 is 15.3 Å². The number of rotatable bonds is 3. The standard InChI is InChI=1S/C12H16FN3O2/c1-14-11-10(5-8(13)6-15-11)12(18)16-4-2-3-9(16)7-17/h5-6,9,17H,2-4,7H2,1H3,(H,14,15). The van der Waals surface area contributed by atoms with Crippen LogP contribution in [0.1, 0.15) is 23.2 Å². The van der Waals surface area contributed by atoms with Crippen LogP contribution in [0.25, 0.3) is 0 Å². The van der Waals surface area contributed by atoms with E-state index in [9.17, 15) is 14.3 Å². The lowest BCUT2D eigenvalue weighted by molar-refractivity contribution is 0.0677. The van der Waals surface area contributed by atoms with E-state index in [1.54, 1.807) is 11.9 Å². The summed E-state index contributed by atoms with van der Waals surface area (Å²) in [5.74, 6) is -0.481. The molecule has 1 atom stereocenters. The molecule has 18 heavy (non-hydrogen) atoms. The van der Waals surface area contributed by atoms with E-state index in [0.29, 0.717) is 12.4 Å². The van der Waals surface area contributed by atoms with E-state index in [1.165, 1.54) is 6.07 Å². The van der Waals surface area contributed by atoms with Crippen LogP contribution in [0, 0.1) is 5.82 Å². The van der Waals surface area contributed by atoms with Crippen molar-refractivity contribution in [2.45, 2.75) is 18.9 Å². The van der Waals surface area contributed by atoms with E-state index in [1.807, 2.05) is 0 Å². The third-order valence-electron chi connectivity index (χ3n) is 3.17. The first-order valence-electron chi connectivity index (χ1n) is 5.92. The number of aliphatic hydroxyl groups excluding tert-OH is 1. The Morgan fingerprint density at radius 3 is 3.17 bits per heavy atom. The lowest BCUT2D eigenvalue weighted by atomic mass is 10.2. The third kappa shape index (κ3) is 2.28. The maximum Gasteiger partial charge on any atom is 0.258 e. The Balaban J connectivity index is 2.30. The van der Waals surface area contributed by atoms with Gasteiger partial charge in [-0.3, -0.25) is 4.79 Å². The second-order valence-corrected chi connectivity index (χ2v) is 4.28. The summed E-state index contributed by atoms with van der Waals surface area (Å²) in [4.78, 5) is 17.7. The van der Waals surface area contributed by atoms with Gasteiger partial charge in [0.2, 0.25) is 0 Å². The van der Waals surface area contributed by atoms with E-state index >= 15 is 0 Å². The number of amides is 1. The number of carbonyl (C=O) groups excluding carboxylic acids is 1. The minimum atomic E-state index is -0.544. The Morgan fingerprint density at radius 1 is 1.72 bits per heavy atom. The Kier molecular flexibility index (Phi) is 3.76. The zero-order valence-corrected chi connectivity index (χ0v) is 10.2. The van der Waals surface area contributed by atoms with Gasteiger partial charge in [0, 0.05) is 13.6 Å². The van der Waals surface area contributed by atoms with Gasteiger partial charge in [-0.25, -0.2) is 9.37 Å². The summed E-state index contributed by atoms with van der Waals surface area (Å²) in [5.41, 5.74) is 0.206. The minimum Gasteiger partial charge on any atom is -0.394 e. The molecular formula is C12H16FN3O2. The van der Waals surface area contributed by atoms with Crippen molar-refractivity contribution in [3.63, 3.8) is 0 Å². The maximum atomic E-state index is 13.2. The van der Waals surface area contributed by atoms with Crippen molar-refractivity contribution in [3.05, 3.63) is 23.6 Å². The van der Waals surface area contributed by atoms with Gasteiger partial charge in [-0.15, -0.1) is 0 Å². The molecule has 6 heteroatoms. The predicted molar refractivity (Wildman–Crippen MR) is 64.9 cm³/mol. The Hall–Kier alpha value is -1.69. The number of nitrogens with zero attached hydrogens (tertiary/aromatic N) is 2. The van der Waals surface area contributed by atoms with E-state index in [0.717, 1.165) is 19.0 Å². The molecule has 0 spiro atoms. The summed E-state index contributed by atoms with van der Waals surface area (Å²) in [7, 11) is 1.63. The Labute approximate surface area is 105 Å². The molecule has 1 aromatic rings. The van der Waals surface area contributed by atoms with E-state index in [-0.39, 0.29) is 24.1 Å². The molecular weight excluding hydrogens is 237 g/mol. The zero-order chi connectivity index (χ0) is 13.1. The Bertz CT molecular complexity index is 453. The fraction of sp³-hybridized carbons (Fsp3) is 0.500. The van der Waals surface area contributed by atoms with Crippen LogP contribution in [0.3, 0.4) is 0 Å². The molecule has 0 radical (unpaired) electrons. The molecule has 1 amide bonds. The van der Waals surface area contributed by atoms with Crippen LogP contribution in [0.2, 0.25) is 0 Å². The van der Waals surface area contributed by atoms with Gasteiger partial charge in [0.05, 0.1) is 24.4 Å². The molecule has 1 aliphatic heterocycles. The van der Waals surface area contributed by atoms with Crippen molar-refractivity contribution < 1.29 is 14.3 Å². The molecule has 1 fully saturated rings. The maximum absolute atomic E-state index is 13.2. The molecule has 2 rings (SSSR count). The zero-order valence-electron chi connectivity index (χ0n) is 10.2. The molecule has 98 valence electrons. The number of hydrogen-bond acceptors (Lipinski definition) is 4. The van der Waals surface area contributed by atoms with Gasteiger partial charge >= 0.3 is 0 Å². The predicted octanol–water partition coefficient (Wildman–Crippen LogP) is 0.859. The average Bonchev–Trinajstić information content (AvgIpc) is 2.86. The Morgan fingerprint density at radius 2 is 2.50 bits per heavy atom. The fourth-order valence-electron chi connectivity index (χ4n) is 2.25. The number of likely N-dealkylation sites (tertiary alicyclic amines) is 1. The molecule has 0 bridgehead atoms. The molecule has 1 saturated heterocycles. The van der Waals surface area contributed by atoms with Gasteiger partial charge in [0.15, 0.2) is 0 Å². The summed E-state index contributed by atoms with van der Waals surface area (Å²) >= 11 is 0. The van der Waals surface area contributed by atoms with Crippen LogP contribution in [0.4, 0.5) is 10.2 Å². The third-order valence-corrected chi connectivity index (χ3v) is 3.17. The number of nitrogens with one attached hydrogen (secondary N) is 1. The van der Waals surface area contributed by atoms with Crippen LogP contribution in [0.15, 0.2) is 12.3 Å². The van der Waals surface area contributed by atoms with Crippen LogP contribution >= 0.6 is 0 Å². The molecule has 1 aromatic heterocycles. The number of pyridine rings is 1. The van der Waals surface area contributed by atoms with Crippen molar-refractivity contribution in [2.24, 2.45) is 0 Å². The van der Waals surface area contributed by atoms with E-state index in [4.69, 9.17) is 0 Å². The number of hydrogen-bond donors (Lipinski definition) is 2. The van der Waals surface area contributed by atoms with Crippen molar-refractivity contribution in [1.29, 1.82) is 0 Å². The lowest BCUT2D eigenvalue weighted by Gasteiger charge is -2.23. The summed E-state index contributed by atoms with van der Waals surface area (Å²) in [6.45, 7) is 0.521. The first-order chi connectivity index (χ1) is 8.67. The van der Waals surface area contributed by atoms with Crippen molar-refractivity contribution in [1.82, 2.24) is 9.88 Å². The molecule has 0 saturated carbocycles.